The first-order chi connectivity index (χ1) is 26.0. The van der Waals surface area contributed by atoms with Crippen LogP contribution >= 0.6 is 0 Å². The molecule has 5 nitrogen and oxygen atoms in total. The normalized spacial score (nSPS) is 12.7. The number of imidazole rings is 1. The van der Waals surface area contributed by atoms with Gasteiger partial charge in [-0.25, -0.2) is 4.98 Å². The Balaban J connectivity index is 1.33. The van der Waals surface area contributed by atoms with Crippen LogP contribution in [0.3, 0.4) is 0 Å². The minimum atomic E-state index is -0.160. The zero-order valence-electron chi connectivity index (χ0n) is 31.7. The molecule has 0 bridgehead atoms. The molecule has 0 aliphatic rings. The number of para-hydroxylation sites is 2. The lowest BCUT2D eigenvalue weighted by molar-refractivity contribution is 0.431. The van der Waals surface area contributed by atoms with Crippen molar-refractivity contribution in [2.75, 3.05) is 0 Å². The summed E-state index contributed by atoms with van der Waals surface area (Å²) in [5, 5.41) is 5.23. The van der Waals surface area contributed by atoms with Crippen molar-refractivity contribution in [3.8, 4) is 28.2 Å². The van der Waals surface area contributed by atoms with Crippen LogP contribution in [-0.2, 0) is 5.41 Å². The molecule has 0 atom stereocenters. The summed E-state index contributed by atoms with van der Waals surface area (Å²) in [6.07, 6.45) is 0. The Morgan fingerprint density at radius 1 is 0.556 bits per heavy atom. The predicted octanol–water partition coefficient (Wildman–Crippen LogP) is 14.4. The van der Waals surface area contributed by atoms with Gasteiger partial charge in [-0.2, -0.15) is 0 Å². The molecule has 6 aromatic carbocycles. The molecule has 5 heteroatoms. The number of fused-ring (bicyclic) bond motifs is 9. The highest BCUT2D eigenvalue weighted by Gasteiger charge is 2.29. The number of aromatic nitrogens is 2. The van der Waals surface area contributed by atoms with Gasteiger partial charge in [-0.1, -0.05) is 109 Å². The average molecular weight is 707 g/mol. The lowest BCUT2D eigenvalue weighted by atomic mass is 9.88. The first kappa shape index (κ1) is 32.6. The van der Waals surface area contributed by atoms with Gasteiger partial charge in [0.1, 0.15) is 39.4 Å². The zero-order chi connectivity index (χ0) is 37.0. The van der Waals surface area contributed by atoms with E-state index < -0.39 is 0 Å². The summed E-state index contributed by atoms with van der Waals surface area (Å²) in [6, 6.07) is 40.7. The summed E-state index contributed by atoms with van der Waals surface area (Å²) < 4.78 is 22.5. The van der Waals surface area contributed by atoms with Crippen LogP contribution in [-0.4, -0.2) is 9.55 Å². The maximum atomic E-state index is 6.90. The molecule has 0 aliphatic carbocycles. The van der Waals surface area contributed by atoms with Gasteiger partial charge in [-0.15, -0.1) is 0 Å². The highest BCUT2D eigenvalue weighted by molar-refractivity contribution is 6.16. The molecule has 0 fully saturated rings. The number of hydrogen-bond donors (Lipinski definition) is 0. The van der Waals surface area contributed by atoms with E-state index in [1.54, 1.807) is 0 Å². The zero-order valence-corrected chi connectivity index (χ0v) is 31.7. The van der Waals surface area contributed by atoms with E-state index >= 15 is 0 Å². The van der Waals surface area contributed by atoms with E-state index in [1.807, 2.05) is 18.2 Å². The van der Waals surface area contributed by atoms with Crippen molar-refractivity contribution in [2.24, 2.45) is 0 Å². The first-order valence-corrected chi connectivity index (χ1v) is 19.0. The van der Waals surface area contributed by atoms with Crippen molar-refractivity contribution < 1.29 is 13.3 Å². The van der Waals surface area contributed by atoms with E-state index in [0.717, 1.165) is 88.7 Å². The van der Waals surface area contributed by atoms with Crippen LogP contribution in [0.1, 0.15) is 77.2 Å². The summed E-state index contributed by atoms with van der Waals surface area (Å²) in [7, 11) is 0. The van der Waals surface area contributed by atoms with E-state index in [4.69, 9.17) is 18.2 Å². The SMILES string of the molecule is CC(C)c1cc(-c2ccccc2)cc(C(C)C)c1-n1c(-c2cccc3c2oc2cc4c(cc23)oc2ccccc24)nc2ccc3cc(C(C)(C)C)oc3c21. The molecule has 0 aliphatic heterocycles. The topological polar surface area (TPSA) is 57.2 Å². The van der Waals surface area contributed by atoms with Crippen LogP contribution in [0.25, 0.3) is 94.1 Å². The molecule has 0 radical (unpaired) electrons. The monoisotopic (exact) mass is 706 g/mol. The van der Waals surface area contributed by atoms with Gasteiger partial charge >= 0.3 is 0 Å². The van der Waals surface area contributed by atoms with Gasteiger partial charge in [0.15, 0.2) is 5.58 Å². The smallest absolute Gasteiger partial charge is 0.160 e. The molecule has 54 heavy (non-hydrogen) atoms. The molecule has 0 spiro atoms. The molecule has 0 amide bonds. The van der Waals surface area contributed by atoms with Crippen LogP contribution in [0.15, 0.2) is 129 Å². The fourth-order valence-corrected chi connectivity index (χ4v) is 8.23. The summed E-state index contributed by atoms with van der Waals surface area (Å²) in [5.41, 5.74) is 12.9. The van der Waals surface area contributed by atoms with Gasteiger partial charge in [-0.05, 0) is 88.7 Å². The van der Waals surface area contributed by atoms with Gasteiger partial charge in [0.25, 0.3) is 0 Å². The molecular weight excluding hydrogens is 665 g/mol. The Morgan fingerprint density at radius 2 is 1.22 bits per heavy atom. The average Bonchev–Trinajstić information content (AvgIpc) is 3.94. The van der Waals surface area contributed by atoms with Crippen molar-refractivity contribution in [1.82, 2.24) is 9.55 Å². The molecule has 0 saturated carbocycles. The number of furan rings is 3. The number of benzene rings is 6. The highest BCUT2D eigenvalue weighted by atomic mass is 16.3. The Kier molecular flexibility index (Phi) is 7.07. The second kappa shape index (κ2) is 11.7. The predicted molar refractivity (Wildman–Crippen MR) is 223 cm³/mol. The third-order valence-corrected chi connectivity index (χ3v) is 11.0. The molecular formula is C49H42N2O3. The number of nitrogens with zero attached hydrogens (tertiary/aromatic N) is 2. The fraction of sp³-hybridized carbons (Fsp3) is 0.204. The minimum Gasteiger partial charge on any atom is -0.458 e. The molecule has 4 aromatic heterocycles. The van der Waals surface area contributed by atoms with E-state index in [1.165, 1.54) is 22.3 Å². The molecule has 0 N–H and O–H groups in total. The number of rotatable bonds is 5. The molecule has 266 valence electrons. The Bertz CT molecular complexity index is 3060. The van der Waals surface area contributed by atoms with Gasteiger partial charge in [0, 0.05) is 32.3 Å². The van der Waals surface area contributed by atoms with E-state index in [9.17, 15) is 0 Å². The van der Waals surface area contributed by atoms with Crippen LogP contribution in [0.4, 0.5) is 0 Å². The van der Waals surface area contributed by atoms with Gasteiger partial charge in [0.05, 0.1) is 16.8 Å². The van der Waals surface area contributed by atoms with Gasteiger partial charge in [0.2, 0.25) is 0 Å². The minimum absolute atomic E-state index is 0.160. The van der Waals surface area contributed by atoms with Gasteiger partial charge in [-0.3, -0.25) is 4.57 Å². The number of hydrogen-bond acceptors (Lipinski definition) is 4. The summed E-state index contributed by atoms with van der Waals surface area (Å²) in [4.78, 5) is 5.49. The first-order valence-electron chi connectivity index (χ1n) is 19.0. The summed E-state index contributed by atoms with van der Waals surface area (Å²) in [6.45, 7) is 15.7. The van der Waals surface area contributed by atoms with Crippen LogP contribution in [0.5, 0.6) is 0 Å². The van der Waals surface area contributed by atoms with Crippen molar-refractivity contribution in [3.05, 3.63) is 132 Å². The highest BCUT2D eigenvalue weighted by Crippen LogP contribution is 2.45. The summed E-state index contributed by atoms with van der Waals surface area (Å²) in [5.74, 6) is 2.21. The summed E-state index contributed by atoms with van der Waals surface area (Å²) >= 11 is 0. The second-order valence-corrected chi connectivity index (χ2v) is 16.4. The largest absolute Gasteiger partial charge is 0.458 e. The lowest BCUT2D eigenvalue weighted by Crippen LogP contribution is -2.10. The molecule has 4 heterocycles. The fourth-order valence-electron chi connectivity index (χ4n) is 8.23. The van der Waals surface area contributed by atoms with E-state index in [0.29, 0.717) is 0 Å². The quantitative estimate of drug-likeness (QED) is 0.179. The van der Waals surface area contributed by atoms with Gasteiger partial charge < -0.3 is 13.3 Å². The van der Waals surface area contributed by atoms with Crippen molar-refractivity contribution in [2.45, 2.75) is 65.7 Å². The molecule has 0 saturated heterocycles. The molecule has 10 aromatic rings. The van der Waals surface area contributed by atoms with Crippen LogP contribution in [0, 0.1) is 0 Å². The standard InChI is InChI=1S/C49H42N2O3/c1-27(2)35-22-31(29-14-9-8-10-15-29)23-36(28(3)4)44(35)51-45-39(21-20-30-24-43(49(5,6)7)54-46(30)45)50-48(51)34-18-13-17-33-38-26-41-37(25-42(38)53-47(33)34)32-16-11-12-19-40(32)52-41/h8-28H,1-7H3. The maximum Gasteiger partial charge on any atom is 0.160 e. The Morgan fingerprint density at radius 3 is 1.94 bits per heavy atom. The van der Waals surface area contributed by atoms with Crippen molar-refractivity contribution in [1.29, 1.82) is 0 Å². The van der Waals surface area contributed by atoms with Crippen molar-refractivity contribution in [3.63, 3.8) is 0 Å². The third kappa shape index (κ3) is 4.87. The second-order valence-electron chi connectivity index (χ2n) is 16.4. The third-order valence-electron chi connectivity index (χ3n) is 11.0. The Labute approximate surface area is 313 Å². The molecule has 0 unspecified atom stereocenters. The maximum absolute atomic E-state index is 6.90. The lowest BCUT2D eigenvalue weighted by Gasteiger charge is -2.24. The van der Waals surface area contributed by atoms with Crippen molar-refractivity contribution >= 4 is 65.9 Å². The van der Waals surface area contributed by atoms with E-state index in [2.05, 4.69) is 150 Å². The Hall–Kier alpha value is -6.07. The molecule has 10 rings (SSSR count). The van der Waals surface area contributed by atoms with Crippen LogP contribution < -0.4 is 0 Å². The van der Waals surface area contributed by atoms with Crippen LogP contribution in [0.2, 0.25) is 0 Å². The van der Waals surface area contributed by atoms with E-state index in [-0.39, 0.29) is 17.3 Å².